The number of aromatic nitrogens is 2. The number of nitrogens with one attached hydrogen (secondary N) is 2. The number of benzene rings is 1. The first-order chi connectivity index (χ1) is 9.24. The normalized spacial score (nSPS) is 23.4. The van der Waals surface area contributed by atoms with Crippen molar-refractivity contribution in [2.75, 3.05) is 0 Å². The van der Waals surface area contributed by atoms with E-state index in [0.29, 0.717) is 5.56 Å². The number of hydrogen-bond donors (Lipinski definition) is 3. The molecule has 1 fully saturated rings. The molecule has 0 unspecified atom stereocenters. The first-order valence-corrected chi connectivity index (χ1v) is 6.73. The molecular formula is C14H18N4O. The molecule has 0 bridgehead atoms. The van der Waals surface area contributed by atoms with Crippen LogP contribution in [0.15, 0.2) is 24.4 Å². The SMILES string of the molecule is N[C@@H]1CCCC[C@H]1NC(=O)c1ccc2cn[nH]c2c1. The molecule has 1 aliphatic rings. The van der Waals surface area contributed by atoms with E-state index in [2.05, 4.69) is 15.5 Å². The number of nitrogens with two attached hydrogens (primary N) is 1. The predicted molar refractivity (Wildman–Crippen MR) is 73.8 cm³/mol. The van der Waals surface area contributed by atoms with Gasteiger partial charge in [0.1, 0.15) is 0 Å². The molecule has 2 atom stereocenters. The summed E-state index contributed by atoms with van der Waals surface area (Å²) in [5, 5.41) is 10.9. The molecule has 1 amide bonds. The maximum Gasteiger partial charge on any atom is 0.251 e. The second kappa shape index (κ2) is 5.01. The van der Waals surface area contributed by atoms with Crippen LogP contribution < -0.4 is 11.1 Å². The van der Waals surface area contributed by atoms with Crippen LogP contribution in [0.2, 0.25) is 0 Å². The predicted octanol–water partition coefficient (Wildman–Crippen LogP) is 1.56. The molecule has 1 aromatic heterocycles. The van der Waals surface area contributed by atoms with E-state index in [9.17, 15) is 4.79 Å². The van der Waals surface area contributed by atoms with Crippen LogP contribution in [0.1, 0.15) is 36.0 Å². The molecule has 5 heteroatoms. The van der Waals surface area contributed by atoms with E-state index in [1.165, 1.54) is 0 Å². The standard InChI is InChI=1S/C14H18N4O/c15-11-3-1-2-4-12(11)17-14(19)9-5-6-10-8-16-18-13(10)7-9/h5-8,11-12H,1-4,15H2,(H,16,18)(H,17,19)/t11-,12-/m1/s1. The van der Waals surface area contributed by atoms with Crippen molar-refractivity contribution in [1.82, 2.24) is 15.5 Å². The zero-order valence-electron chi connectivity index (χ0n) is 10.7. The van der Waals surface area contributed by atoms with Crippen molar-refractivity contribution in [3.63, 3.8) is 0 Å². The Morgan fingerprint density at radius 2 is 2.21 bits per heavy atom. The van der Waals surface area contributed by atoms with Crippen LogP contribution in [0.25, 0.3) is 10.9 Å². The molecule has 2 aromatic rings. The van der Waals surface area contributed by atoms with Gasteiger partial charge in [-0.25, -0.2) is 0 Å². The van der Waals surface area contributed by atoms with Gasteiger partial charge in [-0.15, -0.1) is 0 Å². The average molecular weight is 258 g/mol. The fraction of sp³-hybridized carbons (Fsp3) is 0.429. The van der Waals surface area contributed by atoms with Crippen molar-refractivity contribution in [3.8, 4) is 0 Å². The molecule has 1 saturated carbocycles. The van der Waals surface area contributed by atoms with Crippen molar-refractivity contribution in [3.05, 3.63) is 30.0 Å². The monoisotopic (exact) mass is 258 g/mol. The number of fused-ring (bicyclic) bond motifs is 1. The summed E-state index contributed by atoms with van der Waals surface area (Å²) < 4.78 is 0. The third-order valence-corrected chi connectivity index (χ3v) is 3.84. The van der Waals surface area contributed by atoms with Crippen LogP contribution in [0, 0.1) is 0 Å². The lowest BCUT2D eigenvalue weighted by Gasteiger charge is -2.29. The number of carbonyl (C=O) groups excluding carboxylic acids is 1. The number of H-pyrrole nitrogens is 1. The summed E-state index contributed by atoms with van der Waals surface area (Å²) in [6, 6.07) is 5.72. The lowest BCUT2D eigenvalue weighted by molar-refractivity contribution is 0.0921. The number of carbonyl (C=O) groups is 1. The minimum atomic E-state index is -0.0566. The minimum Gasteiger partial charge on any atom is -0.348 e. The lowest BCUT2D eigenvalue weighted by atomic mass is 9.91. The molecule has 1 heterocycles. The third kappa shape index (κ3) is 2.46. The largest absolute Gasteiger partial charge is 0.348 e. The van der Waals surface area contributed by atoms with Crippen molar-refractivity contribution in [1.29, 1.82) is 0 Å². The quantitative estimate of drug-likeness (QED) is 0.764. The second-order valence-corrected chi connectivity index (χ2v) is 5.20. The number of amides is 1. The maximum absolute atomic E-state index is 12.2. The van der Waals surface area contributed by atoms with Gasteiger partial charge in [-0.1, -0.05) is 18.9 Å². The van der Waals surface area contributed by atoms with Gasteiger partial charge in [-0.3, -0.25) is 9.89 Å². The number of hydrogen-bond acceptors (Lipinski definition) is 3. The summed E-state index contributed by atoms with van der Waals surface area (Å²) in [5.41, 5.74) is 7.57. The lowest BCUT2D eigenvalue weighted by Crippen LogP contribution is -2.49. The molecule has 0 saturated heterocycles. The molecule has 5 nitrogen and oxygen atoms in total. The minimum absolute atomic E-state index is 0.0566. The highest BCUT2D eigenvalue weighted by atomic mass is 16.1. The van der Waals surface area contributed by atoms with Crippen LogP contribution in [0.4, 0.5) is 0 Å². The Labute approximate surface area is 111 Å². The van der Waals surface area contributed by atoms with Gasteiger partial charge in [0, 0.05) is 23.0 Å². The van der Waals surface area contributed by atoms with Gasteiger partial charge in [-0.2, -0.15) is 5.10 Å². The number of nitrogens with zero attached hydrogens (tertiary/aromatic N) is 1. The van der Waals surface area contributed by atoms with E-state index in [-0.39, 0.29) is 18.0 Å². The van der Waals surface area contributed by atoms with E-state index in [1.807, 2.05) is 18.2 Å². The molecule has 0 radical (unpaired) electrons. The summed E-state index contributed by atoms with van der Waals surface area (Å²) >= 11 is 0. The first-order valence-electron chi connectivity index (χ1n) is 6.73. The van der Waals surface area contributed by atoms with Crippen molar-refractivity contribution in [2.24, 2.45) is 5.73 Å². The summed E-state index contributed by atoms with van der Waals surface area (Å²) in [4.78, 5) is 12.2. The van der Waals surface area contributed by atoms with Gasteiger partial charge in [-0.05, 0) is 25.0 Å². The van der Waals surface area contributed by atoms with Crippen LogP contribution in [0.3, 0.4) is 0 Å². The Bertz CT molecular complexity index is 592. The fourth-order valence-electron chi connectivity index (χ4n) is 2.67. The van der Waals surface area contributed by atoms with Crippen LogP contribution in [0.5, 0.6) is 0 Å². The maximum atomic E-state index is 12.2. The van der Waals surface area contributed by atoms with Crippen molar-refractivity contribution < 1.29 is 4.79 Å². The van der Waals surface area contributed by atoms with E-state index < -0.39 is 0 Å². The molecule has 100 valence electrons. The summed E-state index contributed by atoms with van der Waals surface area (Å²) in [6.45, 7) is 0. The van der Waals surface area contributed by atoms with Gasteiger partial charge < -0.3 is 11.1 Å². The molecule has 1 aromatic carbocycles. The Balaban J connectivity index is 1.75. The van der Waals surface area contributed by atoms with Gasteiger partial charge >= 0.3 is 0 Å². The molecule has 19 heavy (non-hydrogen) atoms. The molecular weight excluding hydrogens is 240 g/mol. The third-order valence-electron chi connectivity index (χ3n) is 3.84. The van der Waals surface area contributed by atoms with E-state index in [0.717, 1.165) is 36.6 Å². The zero-order valence-corrected chi connectivity index (χ0v) is 10.7. The van der Waals surface area contributed by atoms with Gasteiger partial charge in [0.15, 0.2) is 0 Å². The van der Waals surface area contributed by atoms with Crippen LogP contribution >= 0.6 is 0 Å². The Kier molecular flexibility index (Phi) is 3.21. The van der Waals surface area contributed by atoms with E-state index >= 15 is 0 Å². The van der Waals surface area contributed by atoms with E-state index in [4.69, 9.17) is 5.73 Å². The Morgan fingerprint density at radius 1 is 1.37 bits per heavy atom. The number of aromatic amines is 1. The smallest absolute Gasteiger partial charge is 0.251 e. The van der Waals surface area contributed by atoms with Crippen molar-refractivity contribution in [2.45, 2.75) is 37.8 Å². The molecule has 3 rings (SSSR count). The van der Waals surface area contributed by atoms with E-state index in [1.54, 1.807) is 6.20 Å². The highest BCUT2D eigenvalue weighted by Gasteiger charge is 2.23. The Hall–Kier alpha value is -1.88. The van der Waals surface area contributed by atoms with Crippen LogP contribution in [-0.2, 0) is 0 Å². The summed E-state index contributed by atoms with van der Waals surface area (Å²) in [6.07, 6.45) is 6.00. The van der Waals surface area contributed by atoms with Crippen molar-refractivity contribution >= 4 is 16.8 Å². The highest BCUT2D eigenvalue weighted by molar-refractivity contribution is 5.97. The molecule has 0 spiro atoms. The first kappa shape index (κ1) is 12.2. The Morgan fingerprint density at radius 3 is 3.05 bits per heavy atom. The van der Waals surface area contributed by atoms with Gasteiger partial charge in [0.2, 0.25) is 0 Å². The summed E-state index contributed by atoms with van der Waals surface area (Å²) in [5.74, 6) is -0.0566. The molecule has 1 aliphatic carbocycles. The molecule has 0 aliphatic heterocycles. The number of rotatable bonds is 2. The van der Waals surface area contributed by atoms with Gasteiger partial charge in [0.25, 0.3) is 5.91 Å². The topological polar surface area (TPSA) is 83.8 Å². The fourth-order valence-corrected chi connectivity index (χ4v) is 2.67. The zero-order chi connectivity index (χ0) is 13.2. The average Bonchev–Trinajstić information content (AvgIpc) is 2.88. The molecule has 4 N–H and O–H groups in total. The second-order valence-electron chi connectivity index (χ2n) is 5.20. The summed E-state index contributed by atoms with van der Waals surface area (Å²) in [7, 11) is 0. The van der Waals surface area contributed by atoms with Crippen LogP contribution in [-0.4, -0.2) is 28.2 Å². The van der Waals surface area contributed by atoms with Gasteiger partial charge in [0.05, 0.1) is 11.7 Å². The highest BCUT2D eigenvalue weighted by Crippen LogP contribution is 2.18.